The van der Waals surface area contributed by atoms with Gasteiger partial charge in [0.25, 0.3) is 0 Å². The van der Waals surface area contributed by atoms with Crippen molar-refractivity contribution in [3.63, 3.8) is 0 Å². The van der Waals surface area contributed by atoms with Gasteiger partial charge in [-0.3, -0.25) is 15.1 Å². The molecule has 1 N–H and O–H groups in total. The van der Waals surface area contributed by atoms with Crippen LogP contribution in [0.5, 0.6) is 0 Å². The lowest BCUT2D eigenvalue weighted by molar-refractivity contribution is -0.137. The number of para-hydroxylation sites is 1. The Balaban J connectivity index is 1.53. The molecule has 0 aliphatic rings. The Hall–Kier alpha value is -3.94. The second-order valence-corrected chi connectivity index (χ2v) is 7.72. The molecular weight excluding hydrogens is 443 g/mol. The number of carbonyl (C=O) groups is 1. The molecule has 3 aromatic carbocycles. The monoisotopic (exact) mass is 467 g/mol. The Labute approximate surface area is 196 Å². The van der Waals surface area contributed by atoms with Crippen LogP contribution in [0.25, 0.3) is 0 Å². The molecule has 0 unspecified atom stereocenters. The van der Waals surface area contributed by atoms with Crippen LogP contribution >= 0.6 is 0 Å². The first-order valence-electron chi connectivity index (χ1n) is 10.5. The number of aryl methyl sites for hydroxylation is 2. The lowest BCUT2D eigenvalue weighted by Gasteiger charge is -2.09. The fraction of sp³-hybridized carbons (Fsp3) is 0.192. The Morgan fingerprint density at radius 3 is 2.18 bits per heavy atom. The zero-order valence-electron chi connectivity index (χ0n) is 19.0. The van der Waals surface area contributed by atoms with Crippen molar-refractivity contribution in [2.24, 2.45) is 10.1 Å². The topological polar surface area (TPSA) is 63.1 Å². The summed E-state index contributed by atoms with van der Waals surface area (Å²) in [4.78, 5) is 21.3. The van der Waals surface area contributed by atoms with Gasteiger partial charge in [0, 0.05) is 11.4 Å². The van der Waals surface area contributed by atoms with Gasteiger partial charge in [0.15, 0.2) is 0 Å². The lowest BCUT2D eigenvalue weighted by atomic mass is 10.1. The maximum Gasteiger partial charge on any atom is 0.437 e. The van der Waals surface area contributed by atoms with Crippen LogP contribution < -0.4 is 5.32 Å². The number of alkyl halides is 3. The van der Waals surface area contributed by atoms with Crippen molar-refractivity contribution in [2.45, 2.75) is 33.5 Å². The van der Waals surface area contributed by atoms with E-state index in [1.165, 1.54) is 18.3 Å². The Kier molecular flexibility index (Phi) is 7.83. The summed E-state index contributed by atoms with van der Waals surface area (Å²) in [5, 5.41) is 6.40. The van der Waals surface area contributed by atoms with Gasteiger partial charge in [0.05, 0.1) is 18.3 Å². The Bertz CT molecular complexity index is 1180. The predicted octanol–water partition coefficient (Wildman–Crippen LogP) is 6.91. The number of hydrogen-bond donors (Lipinski definition) is 1. The molecule has 1 amide bonds. The highest BCUT2D eigenvalue weighted by atomic mass is 19.4. The minimum absolute atomic E-state index is 0.374. The number of oxime groups is 1. The number of carbonyl (C=O) groups excluding carboxylic acids is 1. The van der Waals surface area contributed by atoms with E-state index in [2.05, 4.69) is 15.5 Å². The molecule has 8 heteroatoms. The van der Waals surface area contributed by atoms with E-state index in [9.17, 15) is 18.0 Å². The summed E-state index contributed by atoms with van der Waals surface area (Å²) < 4.78 is 38.1. The summed E-state index contributed by atoms with van der Waals surface area (Å²) in [5.74, 6) is 0. The van der Waals surface area contributed by atoms with E-state index in [1.54, 1.807) is 19.1 Å². The van der Waals surface area contributed by atoms with Crippen molar-refractivity contribution in [1.29, 1.82) is 0 Å². The van der Waals surface area contributed by atoms with Crippen molar-refractivity contribution in [3.05, 3.63) is 100 Å². The van der Waals surface area contributed by atoms with Gasteiger partial charge >= 0.3 is 12.3 Å². The minimum atomic E-state index is -4.36. The van der Waals surface area contributed by atoms with Gasteiger partial charge in [0.1, 0.15) is 0 Å². The van der Waals surface area contributed by atoms with Gasteiger partial charge in [-0.2, -0.15) is 13.2 Å². The molecule has 0 saturated heterocycles. The molecular formula is C26H24F3N3O2. The number of hydrogen-bond acceptors (Lipinski definition) is 4. The summed E-state index contributed by atoms with van der Waals surface area (Å²) in [7, 11) is 0. The first kappa shape index (κ1) is 24.7. The van der Waals surface area contributed by atoms with Gasteiger partial charge in [0.2, 0.25) is 0 Å². The SMILES string of the molecule is CC(=NCc1ccc(/C=N/OC(=O)Nc2c(C)cccc2C)cc1)c1ccc(C(F)(F)F)cc1. The quantitative estimate of drug-likeness (QED) is 0.243. The molecule has 0 aliphatic heterocycles. The fourth-order valence-electron chi connectivity index (χ4n) is 3.18. The number of nitrogens with one attached hydrogen (secondary N) is 1. The second kappa shape index (κ2) is 10.8. The van der Waals surface area contributed by atoms with Crippen LogP contribution in [0.1, 0.15) is 40.3 Å². The highest BCUT2D eigenvalue weighted by Crippen LogP contribution is 2.29. The number of aliphatic imine (C=N–C) groups is 1. The lowest BCUT2D eigenvalue weighted by Crippen LogP contribution is -2.12. The number of rotatable bonds is 6. The maximum absolute atomic E-state index is 12.7. The molecule has 34 heavy (non-hydrogen) atoms. The molecule has 176 valence electrons. The van der Waals surface area contributed by atoms with Crippen molar-refractivity contribution in [2.75, 3.05) is 5.32 Å². The van der Waals surface area contributed by atoms with E-state index in [0.29, 0.717) is 23.5 Å². The highest BCUT2D eigenvalue weighted by molar-refractivity contribution is 5.98. The van der Waals surface area contributed by atoms with E-state index >= 15 is 0 Å². The zero-order chi connectivity index (χ0) is 24.7. The summed E-state index contributed by atoms with van der Waals surface area (Å²) in [5.41, 5.74) is 4.77. The van der Waals surface area contributed by atoms with Crippen molar-refractivity contribution in [1.82, 2.24) is 0 Å². The van der Waals surface area contributed by atoms with E-state index < -0.39 is 17.8 Å². The number of halogens is 3. The average molecular weight is 467 g/mol. The van der Waals surface area contributed by atoms with E-state index in [-0.39, 0.29) is 0 Å². The first-order chi connectivity index (χ1) is 16.1. The van der Waals surface area contributed by atoms with Gasteiger partial charge in [-0.15, -0.1) is 0 Å². The molecule has 3 rings (SSSR count). The Morgan fingerprint density at radius 2 is 1.59 bits per heavy atom. The summed E-state index contributed by atoms with van der Waals surface area (Å²) in [6.07, 6.45) is -3.62. The Morgan fingerprint density at radius 1 is 0.971 bits per heavy atom. The summed E-state index contributed by atoms with van der Waals surface area (Å²) in [6.45, 7) is 5.91. The molecule has 0 saturated carbocycles. The molecule has 0 radical (unpaired) electrons. The van der Waals surface area contributed by atoms with Crippen LogP contribution in [0.2, 0.25) is 0 Å². The van der Waals surface area contributed by atoms with Crippen LogP contribution in [0.15, 0.2) is 76.9 Å². The maximum atomic E-state index is 12.7. The second-order valence-electron chi connectivity index (χ2n) is 7.72. The van der Waals surface area contributed by atoms with Crippen LogP contribution in [0, 0.1) is 13.8 Å². The first-order valence-corrected chi connectivity index (χ1v) is 10.5. The van der Waals surface area contributed by atoms with Gasteiger partial charge in [-0.25, -0.2) is 4.79 Å². The summed E-state index contributed by atoms with van der Waals surface area (Å²) in [6, 6.07) is 17.9. The van der Waals surface area contributed by atoms with Crippen LogP contribution in [-0.2, 0) is 17.6 Å². The molecule has 3 aromatic rings. The standard InChI is InChI=1S/C26H24F3N3O2/c1-17-5-4-6-18(2)24(17)32-25(33)34-31-16-21-9-7-20(8-10-21)15-30-19(3)22-11-13-23(14-12-22)26(27,28)29/h4-14,16H,15H2,1-3H3,(H,32,33)/b30-19?,31-16+. The van der Waals surface area contributed by atoms with E-state index in [1.807, 2.05) is 44.2 Å². The number of anilines is 1. The predicted molar refractivity (Wildman–Crippen MR) is 127 cm³/mol. The van der Waals surface area contributed by atoms with Crippen molar-refractivity contribution < 1.29 is 22.8 Å². The summed E-state index contributed by atoms with van der Waals surface area (Å²) >= 11 is 0. The van der Waals surface area contributed by atoms with Crippen LogP contribution in [0.4, 0.5) is 23.7 Å². The van der Waals surface area contributed by atoms with Crippen molar-refractivity contribution >= 4 is 23.7 Å². The molecule has 5 nitrogen and oxygen atoms in total. The van der Waals surface area contributed by atoms with E-state index in [4.69, 9.17) is 4.84 Å². The third-order valence-electron chi connectivity index (χ3n) is 5.15. The third kappa shape index (κ3) is 6.78. The fourth-order valence-corrected chi connectivity index (χ4v) is 3.18. The molecule has 0 bridgehead atoms. The van der Waals surface area contributed by atoms with Gasteiger partial charge in [-0.1, -0.05) is 59.8 Å². The largest absolute Gasteiger partial charge is 0.437 e. The normalized spacial score (nSPS) is 12.1. The molecule has 0 aliphatic carbocycles. The molecule has 0 fully saturated rings. The molecule has 0 atom stereocenters. The smallest absolute Gasteiger partial charge is 0.298 e. The highest BCUT2D eigenvalue weighted by Gasteiger charge is 2.29. The zero-order valence-corrected chi connectivity index (χ0v) is 19.0. The van der Waals surface area contributed by atoms with Crippen LogP contribution in [-0.4, -0.2) is 18.0 Å². The van der Waals surface area contributed by atoms with Gasteiger partial charge < -0.3 is 0 Å². The molecule has 0 aromatic heterocycles. The average Bonchev–Trinajstić information content (AvgIpc) is 2.80. The van der Waals surface area contributed by atoms with Crippen LogP contribution in [0.3, 0.4) is 0 Å². The molecule has 0 heterocycles. The van der Waals surface area contributed by atoms with Gasteiger partial charge in [-0.05, 0) is 60.7 Å². The number of benzene rings is 3. The minimum Gasteiger partial charge on any atom is -0.298 e. The third-order valence-corrected chi connectivity index (χ3v) is 5.15. The molecule has 0 spiro atoms. The van der Waals surface area contributed by atoms with Crippen molar-refractivity contribution in [3.8, 4) is 0 Å². The van der Waals surface area contributed by atoms with E-state index in [0.717, 1.165) is 34.4 Å². The number of nitrogens with zero attached hydrogens (tertiary/aromatic N) is 2. The number of amides is 1.